The van der Waals surface area contributed by atoms with Crippen LogP contribution in [0.25, 0.3) is 0 Å². The minimum absolute atomic E-state index is 0.0189. The molecule has 2 aliphatic rings. The number of oxime groups is 1. The summed E-state index contributed by atoms with van der Waals surface area (Å²) in [5.41, 5.74) is 18.9. The molecule has 1 saturated heterocycles. The minimum Gasteiger partial charge on any atom is -0.504 e. The maximum atomic E-state index is 13.9. The number of phenolic OH excluding ortho intramolecular Hbond substituents is 2. The molecule has 2 aliphatic heterocycles. The molecular formula is C36H36N9O10S2+. The molecule has 0 aliphatic carbocycles. The highest BCUT2D eigenvalue weighted by Crippen LogP contribution is 2.41. The fourth-order valence-corrected chi connectivity index (χ4v) is 7.52. The topological polar surface area (TPSA) is 292 Å². The molecule has 10 N–H and O–H groups in total. The molecule has 21 heteroatoms. The van der Waals surface area contributed by atoms with Gasteiger partial charge in [-0.2, -0.15) is 0 Å². The number of phenols is 2. The van der Waals surface area contributed by atoms with E-state index in [2.05, 4.69) is 20.4 Å². The number of nitrogen functional groups attached to an aromatic ring is 3. The smallest absolute Gasteiger partial charge is 0.355 e. The van der Waals surface area contributed by atoms with Crippen LogP contribution in [-0.4, -0.2) is 83.9 Å². The Morgan fingerprint density at radius 2 is 1.89 bits per heavy atom. The summed E-state index contributed by atoms with van der Waals surface area (Å²) in [5.74, 6) is -3.46. The highest BCUT2D eigenvalue weighted by atomic mass is 32.2. The van der Waals surface area contributed by atoms with Gasteiger partial charge in [0, 0.05) is 16.7 Å². The van der Waals surface area contributed by atoms with Gasteiger partial charge in [-0.25, -0.2) is 19.1 Å². The van der Waals surface area contributed by atoms with E-state index in [1.165, 1.54) is 41.5 Å². The number of fused-ring (bicyclic) bond motifs is 1. The van der Waals surface area contributed by atoms with Crippen molar-refractivity contribution in [2.24, 2.45) is 5.16 Å². The number of carbonyl (C=O) groups is 4. The van der Waals surface area contributed by atoms with E-state index in [4.69, 9.17) is 31.5 Å². The minimum atomic E-state index is -1.83. The Hall–Kier alpha value is -6.87. The first-order chi connectivity index (χ1) is 27.3. The molecule has 0 bridgehead atoms. The standard InChI is InChI=1S/C36H35N9O10S2/c1-17-29(37)40-16-44(30(17)38)11-3-4-20-14-56-33-26(32(49)45(33)27(20)35(52)54-13-18-5-8-21(53-2)9-6-18)42-31(48)25(22-15-57-36(39)41-22)43-55-28(34(50)51)19-7-10-23(46)24(47)12-19/h3-10,12,15-16,26,28,33H,11,13-14H2,1-2H3,(H9,37,38,39,41,42,43,46,47,48,50,51)/p+1/b4-3+/t26-,28?,33-/m1/s1. The van der Waals surface area contributed by atoms with Gasteiger partial charge in [0.25, 0.3) is 11.8 Å². The van der Waals surface area contributed by atoms with Crippen LogP contribution in [0.3, 0.4) is 0 Å². The van der Waals surface area contributed by atoms with E-state index in [1.54, 1.807) is 47.9 Å². The molecule has 0 radical (unpaired) electrons. The van der Waals surface area contributed by atoms with Crippen LogP contribution in [-0.2, 0) is 41.9 Å². The number of esters is 1. The molecule has 6 rings (SSSR count). The van der Waals surface area contributed by atoms with Crippen molar-refractivity contribution in [3.05, 3.63) is 100.0 Å². The second-order valence-electron chi connectivity index (χ2n) is 12.4. The number of hydrogen-bond donors (Lipinski definition) is 7. The number of thioether (sulfide) groups is 1. The number of nitrogens with two attached hydrogens (primary N) is 3. The lowest BCUT2D eigenvalue weighted by Gasteiger charge is -2.49. The predicted molar refractivity (Wildman–Crippen MR) is 206 cm³/mol. The largest absolute Gasteiger partial charge is 0.504 e. The number of allylic oxidation sites excluding steroid dienone is 2. The normalized spacial score (nSPS) is 17.1. The van der Waals surface area contributed by atoms with Crippen molar-refractivity contribution < 1.29 is 53.4 Å². The predicted octanol–water partition coefficient (Wildman–Crippen LogP) is 1.50. The summed E-state index contributed by atoms with van der Waals surface area (Å²) in [6.07, 6.45) is 3.09. The quantitative estimate of drug-likeness (QED) is 0.0237. The van der Waals surface area contributed by atoms with Crippen LogP contribution in [0, 0.1) is 6.92 Å². The van der Waals surface area contributed by atoms with Gasteiger partial charge in [0.2, 0.25) is 24.1 Å². The van der Waals surface area contributed by atoms with Gasteiger partial charge in [-0.15, -0.1) is 23.1 Å². The van der Waals surface area contributed by atoms with E-state index in [9.17, 15) is 34.5 Å². The first-order valence-corrected chi connectivity index (χ1v) is 18.7. The number of anilines is 3. The zero-order valence-corrected chi connectivity index (χ0v) is 31.8. The molecule has 4 heterocycles. The SMILES string of the molecule is COc1ccc(COC(=O)C2=C(/C=C/C[n+]3cnc(N)c(C)c3N)CS[C@@H]3[C@H](NC(=O)/C(=N\OC(C(=O)O)c4ccc(O)c(O)c4)c4csc(N)n4)C(=O)N23)cc1. The number of β-lactam (4-membered cyclic amide) rings is 1. The monoisotopic (exact) mass is 818 g/mol. The summed E-state index contributed by atoms with van der Waals surface area (Å²) >= 11 is 2.24. The third kappa shape index (κ3) is 8.53. The molecule has 2 aromatic heterocycles. The van der Waals surface area contributed by atoms with E-state index in [0.717, 1.165) is 23.5 Å². The van der Waals surface area contributed by atoms with Gasteiger partial charge >= 0.3 is 11.9 Å². The van der Waals surface area contributed by atoms with Gasteiger partial charge in [0.15, 0.2) is 22.3 Å². The zero-order chi connectivity index (χ0) is 41.0. The summed E-state index contributed by atoms with van der Waals surface area (Å²) in [4.78, 5) is 68.3. The van der Waals surface area contributed by atoms with E-state index in [1.807, 2.05) is 0 Å². The molecule has 19 nitrogen and oxygen atoms in total. The lowest BCUT2D eigenvalue weighted by atomic mass is 10.0. The van der Waals surface area contributed by atoms with Gasteiger partial charge in [0.1, 0.15) is 35.2 Å². The average molecular weight is 819 g/mol. The molecule has 2 aromatic carbocycles. The Labute approximate surface area is 332 Å². The number of nitrogens with zero attached hydrogens (tertiary/aromatic N) is 5. The lowest BCUT2D eigenvalue weighted by Crippen LogP contribution is -2.71. The van der Waals surface area contributed by atoms with Crippen LogP contribution in [0.15, 0.2) is 82.7 Å². The third-order valence-electron chi connectivity index (χ3n) is 8.80. The van der Waals surface area contributed by atoms with Crippen LogP contribution < -0.4 is 31.8 Å². The molecular weight excluding hydrogens is 783 g/mol. The van der Waals surface area contributed by atoms with Crippen molar-refractivity contribution in [3.63, 3.8) is 0 Å². The summed E-state index contributed by atoms with van der Waals surface area (Å²) in [6.45, 7) is 1.90. The Bertz CT molecular complexity index is 2330. The highest BCUT2D eigenvalue weighted by molar-refractivity contribution is 8.00. The number of aromatic hydroxyl groups is 2. The number of aliphatic carboxylic acids is 1. The molecule has 1 fully saturated rings. The second kappa shape index (κ2) is 16.9. The van der Waals surface area contributed by atoms with E-state index in [-0.39, 0.29) is 41.0 Å². The number of amides is 2. The van der Waals surface area contributed by atoms with Crippen molar-refractivity contribution in [2.75, 3.05) is 30.1 Å². The Kier molecular flexibility index (Phi) is 11.8. The molecule has 0 saturated carbocycles. The summed E-state index contributed by atoms with van der Waals surface area (Å²) in [5, 5.41) is 36.5. The van der Waals surface area contributed by atoms with E-state index < -0.39 is 58.5 Å². The number of carboxylic acid groups (broad SMARTS) is 1. The second-order valence-corrected chi connectivity index (χ2v) is 14.4. The summed E-state index contributed by atoms with van der Waals surface area (Å²) in [6, 6.07) is 8.95. The van der Waals surface area contributed by atoms with Crippen LogP contribution in [0.1, 0.15) is 28.5 Å². The van der Waals surface area contributed by atoms with Crippen molar-refractivity contribution in [1.82, 2.24) is 20.2 Å². The van der Waals surface area contributed by atoms with Crippen molar-refractivity contribution in [3.8, 4) is 17.2 Å². The number of benzene rings is 2. The molecule has 296 valence electrons. The highest BCUT2D eigenvalue weighted by Gasteiger charge is 2.54. The van der Waals surface area contributed by atoms with Gasteiger partial charge in [0.05, 0.1) is 19.2 Å². The van der Waals surface area contributed by atoms with Gasteiger partial charge in [-0.3, -0.25) is 14.5 Å². The number of carbonyl (C=O) groups excluding carboxylic acids is 3. The Morgan fingerprint density at radius 1 is 1.14 bits per heavy atom. The van der Waals surface area contributed by atoms with Crippen molar-refractivity contribution in [1.29, 1.82) is 0 Å². The number of methoxy groups -OCH3 is 1. The van der Waals surface area contributed by atoms with E-state index >= 15 is 0 Å². The maximum Gasteiger partial charge on any atom is 0.355 e. The van der Waals surface area contributed by atoms with Crippen LogP contribution in [0.4, 0.5) is 16.8 Å². The number of hydrogen-bond acceptors (Lipinski definition) is 17. The molecule has 0 spiro atoms. The average Bonchev–Trinajstić information content (AvgIpc) is 3.63. The Morgan fingerprint density at radius 3 is 2.56 bits per heavy atom. The summed E-state index contributed by atoms with van der Waals surface area (Å²) < 4.78 is 12.5. The van der Waals surface area contributed by atoms with Gasteiger partial charge < -0.3 is 52.1 Å². The third-order valence-corrected chi connectivity index (χ3v) is 10.8. The number of rotatable bonds is 14. The number of carboxylic acids is 1. The van der Waals surface area contributed by atoms with E-state index in [0.29, 0.717) is 34.1 Å². The lowest BCUT2D eigenvalue weighted by molar-refractivity contribution is -0.675. The number of ether oxygens (including phenoxy) is 2. The molecule has 2 amide bonds. The first-order valence-electron chi connectivity index (χ1n) is 16.8. The summed E-state index contributed by atoms with van der Waals surface area (Å²) in [7, 11) is 1.53. The van der Waals surface area contributed by atoms with Crippen molar-refractivity contribution >= 4 is 69.3 Å². The van der Waals surface area contributed by atoms with Crippen LogP contribution in [0.2, 0.25) is 0 Å². The molecule has 57 heavy (non-hydrogen) atoms. The first kappa shape index (κ1) is 39.8. The van der Waals surface area contributed by atoms with Crippen molar-refractivity contribution in [2.45, 2.75) is 37.6 Å². The number of nitrogens with one attached hydrogen (secondary N) is 1. The van der Waals surface area contributed by atoms with Gasteiger partial charge in [-0.05, 0) is 42.3 Å². The molecule has 3 atom stereocenters. The zero-order valence-electron chi connectivity index (χ0n) is 30.2. The fourth-order valence-electron chi connectivity index (χ4n) is 5.66. The maximum absolute atomic E-state index is 13.9. The van der Waals surface area contributed by atoms with Gasteiger partial charge in [-0.1, -0.05) is 40.5 Å². The Balaban J connectivity index is 1.25. The van der Waals surface area contributed by atoms with Crippen LogP contribution >= 0.6 is 23.1 Å². The fraction of sp³-hybridized carbons (Fsp3) is 0.222. The molecule has 4 aromatic rings. The molecule has 1 unspecified atom stereocenters. The number of aromatic nitrogens is 3. The number of thiazole rings is 1. The van der Waals surface area contributed by atoms with Crippen LogP contribution in [0.5, 0.6) is 17.2 Å².